The van der Waals surface area contributed by atoms with Crippen molar-refractivity contribution in [1.82, 2.24) is 0 Å². The van der Waals surface area contributed by atoms with Crippen molar-refractivity contribution in [2.24, 2.45) is 0 Å². The van der Waals surface area contributed by atoms with Crippen LogP contribution in [0.5, 0.6) is 0 Å². The largest absolute Gasteiger partial charge is 0.205 e. The van der Waals surface area contributed by atoms with Gasteiger partial charge in [0.15, 0.2) is 0 Å². The molecule has 0 unspecified atom stereocenters. The number of benzene rings is 1. The summed E-state index contributed by atoms with van der Waals surface area (Å²) in [5.74, 6) is -0.309. The average molecular weight is 203 g/mol. The molecule has 0 fully saturated rings. The SMILES string of the molecule is C[Si](C)(C)c1ccc(Cl)c(F)c1. The molecule has 12 heavy (non-hydrogen) atoms. The minimum Gasteiger partial charge on any atom is -0.205 e. The highest BCUT2D eigenvalue weighted by Crippen LogP contribution is 2.13. The third kappa shape index (κ3) is 2.08. The molecule has 0 aliphatic heterocycles. The van der Waals surface area contributed by atoms with E-state index in [9.17, 15) is 4.39 Å². The van der Waals surface area contributed by atoms with Crippen LogP contribution < -0.4 is 5.19 Å². The van der Waals surface area contributed by atoms with Crippen molar-refractivity contribution in [3.8, 4) is 0 Å². The molecule has 0 heterocycles. The minimum atomic E-state index is -1.39. The van der Waals surface area contributed by atoms with Crippen LogP contribution in [0.2, 0.25) is 24.7 Å². The maximum absolute atomic E-state index is 13.0. The monoisotopic (exact) mass is 202 g/mol. The van der Waals surface area contributed by atoms with Gasteiger partial charge in [-0.25, -0.2) is 4.39 Å². The second-order valence-electron chi connectivity index (χ2n) is 3.88. The first-order chi connectivity index (χ1) is 5.41. The highest BCUT2D eigenvalue weighted by atomic mass is 35.5. The van der Waals surface area contributed by atoms with Crippen LogP contribution in [0.1, 0.15) is 0 Å². The van der Waals surface area contributed by atoms with Crippen LogP contribution in [-0.4, -0.2) is 8.07 Å². The van der Waals surface area contributed by atoms with Crippen molar-refractivity contribution in [2.75, 3.05) is 0 Å². The van der Waals surface area contributed by atoms with Crippen LogP contribution in [0.25, 0.3) is 0 Å². The lowest BCUT2D eigenvalue weighted by Gasteiger charge is -2.16. The quantitative estimate of drug-likeness (QED) is 0.615. The molecule has 0 aromatic heterocycles. The van der Waals surface area contributed by atoms with Crippen molar-refractivity contribution >= 4 is 24.9 Å². The Hall–Kier alpha value is -0.343. The Balaban J connectivity index is 3.14. The normalized spacial score (nSPS) is 11.8. The summed E-state index contributed by atoms with van der Waals surface area (Å²) in [6.07, 6.45) is 0. The predicted octanol–water partition coefficient (Wildman–Crippen LogP) is 3.02. The van der Waals surface area contributed by atoms with E-state index in [1.807, 2.05) is 6.07 Å². The van der Waals surface area contributed by atoms with Crippen LogP contribution in [0.15, 0.2) is 18.2 Å². The van der Waals surface area contributed by atoms with Crippen LogP contribution in [0.4, 0.5) is 4.39 Å². The van der Waals surface area contributed by atoms with E-state index in [2.05, 4.69) is 19.6 Å². The third-order valence-electron chi connectivity index (χ3n) is 1.79. The Kier molecular flexibility index (Phi) is 2.59. The van der Waals surface area contributed by atoms with E-state index in [1.54, 1.807) is 12.1 Å². The standard InChI is InChI=1S/C9H12ClFSi/c1-12(2,3)7-4-5-8(10)9(11)6-7/h4-6H,1-3H3. The van der Waals surface area contributed by atoms with Gasteiger partial charge in [0.1, 0.15) is 5.82 Å². The fourth-order valence-corrected chi connectivity index (χ4v) is 2.22. The molecule has 0 aliphatic carbocycles. The lowest BCUT2D eigenvalue weighted by molar-refractivity contribution is 0.629. The predicted molar refractivity (Wildman–Crippen MR) is 54.4 cm³/mol. The molecule has 3 heteroatoms. The first-order valence-corrected chi connectivity index (χ1v) is 7.74. The zero-order valence-corrected chi connectivity index (χ0v) is 9.24. The summed E-state index contributed by atoms with van der Waals surface area (Å²) in [4.78, 5) is 0. The molecule has 0 spiro atoms. The van der Waals surface area contributed by atoms with Gasteiger partial charge in [0.2, 0.25) is 0 Å². The molecule has 0 radical (unpaired) electrons. The van der Waals surface area contributed by atoms with Crippen LogP contribution in [-0.2, 0) is 0 Å². The van der Waals surface area contributed by atoms with Gasteiger partial charge in [0.25, 0.3) is 0 Å². The first kappa shape index (κ1) is 9.74. The van der Waals surface area contributed by atoms with Crippen LogP contribution in [0.3, 0.4) is 0 Å². The maximum Gasteiger partial charge on any atom is 0.141 e. The molecule has 1 aromatic rings. The second kappa shape index (κ2) is 3.19. The Morgan fingerprint density at radius 3 is 2.25 bits per heavy atom. The van der Waals surface area contributed by atoms with Crippen LogP contribution >= 0.6 is 11.6 Å². The molecule has 0 aliphatic rings. The summed E-state index contributed by atoms with van der Waals surface area (Å²) in [7, 11) is -1.39. The summed E-state index contributed by atoms with van der Waals surface area (Å²) >= 11 is 5.57. The Labute approximate surface area is 78.4 Å². The Morgan fingerprint density at radius 2 is 1.83 bits per heavy atom. The van der Waals surface area contributed by atoms with Crippen LogP contribution in [0, 0.1) is 5.82 Å². The lowest BCUT2D eigenvalue weighted by Crippen LogP contribution is -2.37. The van der Waals surface area contributed by atoms with Gasteiger partial charge < -0.3 is 0 Å². The molecule has 0 amide bonds. The molecule has 66 valence electrons. The molecule has 0 saturated heterocycles. The third-order valence-corrected chi connectivity index (χ3v) is 4.14. The zero-order chi connectivity index (χ0) is 9.35. The van der Waals surface area contributed by atoms with E-state index in [1.165, 1.54) is 0 Å². The topological polar surface area (TPSA) is 0 Å². The minimum absolute atomic E-state index is 0.206. The fourth-order valence-electron chi connectivity index (χ4n) is 0.963. The van der Waals surface area contributed by atoms with Gasteiger partial charge >= 0.3 is 0 Å². The summed E-state index contributed by atoms with van der Waals surface area (Å²) in [5.41, 5.74) is 0. The lowest BCUT2D eigenvalue weighted by atomic mass is 10.3. The number of rotatable bonds is 1. The summed E-state index contributed by atoms with van der Waals surface area (Å²) in [5, 5.41) is 1.31. The van der Waals surface area contributed by atoms with E-state index < -0.39 is 8.07 Å². The molecular formula is C9H12ClFSi. The maximum atomic E-state index is 13.0. The number of hydrogen-bond acceptors (Lipinski definition) is 0. The molecular weight excluding hydrogens is 191 g/mol. The summed E-state index contributed by atoms with van der Waals surface area (Å²) in [6.45, 7) is 6.53. The summed E-state index contributed by atoms with van der Waals surface area (Å²) in [6, 6.07) is 5.09. The van der Waals surface area contributed by atoms with Gasteiger partial charge in [-0.05, 0) is 12.1 Å². The van der Waals surface area contributed by atoms with Crippen molar-refractivity contribution in [3.05, 3.63) is 29.0 Å². The molecule has 0 saturated carbocycles. The Morgan fingerprint density at radius 1 is 1.25 bits per heavy atom. The highest BCUT2D eigenvalue weighted by molar-refractivity contribution is 6.88. The van der Waals surface area contributed by atoms with Gasteiger partial charge in [-0.2, -0.15) is 0 Å². The molecule has 0 nitrogen and oxygen atoms in total. The van der Waals surface area contributed by atoms with Gasteiger partial charge in [0, 0.05) is 0 Å². The molecule has 1 rings (SSSR count). The van der Waals surface area contributed by atoms with Crippen molar-refractivity contribution in [3.63, 3.8) is 0 Å². The Bertz CT molecular complexity index is 291. The van der Waals surface area contributed by atoms with Gasteiger partial charge in [-0.15, -0.1) is 0 Å². The average Bonchev–Trinajstić information content (AvgIpc) is 1.92. The molecule has 0 atom stereocenters. The first-order valence-electron chi connectivity index (χ1n) is 3.87. The smallest absolute Gasteiger partial charge is 0.141 e. The van der Waals surface area contributed by atoms with E-state index in [-0.39, 0.29) is 10.8 Å². The fraction of sp³-hybridized carbons (Fsp3) is 0.333. The molecule has 1 aromatic carbocycles. The van der Waals surface area contributed by atoms with E-state index in [4.69, 9.17) is 11.6 Å². The van der Waals surface area contributed by atoms with Crippen molar-refractivity contribution < 1.29 is 4.39 Å². The van der Waals surface area contributed by atoms with E-state index in [0.717, 1.165) is 5.19 Å². The van der Waals surface area contributed by atoms with E-state index in [0.29, 0.717) is 0 Å². The van der Waals surface area contributed by atoms with Gasteiger partial charge in [0.05, 0.1) is 13.1 Å². The molecule has 0 bridgehead atoms. The van der Waals surface area contributed by atoms with Crippen molar-refractivity contribution in [1.29, 1.82) is 0 Å². The number of hydrogen-bond donors (Lipinski definition) is 0. The van der Waals surface area contributed by atoms with Gasteiger partial charge in [-0.1, -0.05) is 42.5 Å². The second-order valence-corrected chi connectivity index (χ2v) is 9.36. The summed E-state index contributed by atoms with van der Waals surface area (Å²) < 4.78 is 13.0. The molecule has 0 N–H and O–H groups in total. The van der Waals surface area contributed by atoms with Gasteiger partial charge in [-0.3, -0.25) is 0 Å². The zero-order valence-electron chi connectivity index (χ0n) is 7.49. The van der Waals surface area contributed by atoms with Crippen molar-refractivity contribution in [2.45, 2.75) is 19.6 Å². The highest BCUT2D eigenvalue weighted by Gasteiger charge is 2.17. The van der Waals surface area contributed by atoms with E-state index >= 15 is 0 Å². The number of halogens is 2.